The summed E-state index contributed by atoms with van der Waals surface area (Å²) in [5.41, 5.74) is 6.32. The van der Waals surface area contributed by atoms with Crippen molar-refractivity contribution in [1.82, 2.24) is 9.97 Å². The lowest BCUT2D eigenvalue weighted by Crippen LogP contribution is -2.10. The fraction of sp³-hybridized carbons (Fsp3) is 0.273. The van der Waals surface area contributed by atoms with Crippen molar-refractivity contribution in [2.75, 3.05) is 11.1 Å². The van der Waals surface area contributed by atoms with Crippen molar-refractivity contribution in [2.24, 2.45) is 0 Å². The number of aromatic nitrogens is 2. The second-order valence-electron chi connectivity index (χ2n) is 3.58. The van der Waals surface area contributed by atoms with Gasteiger partial charge < -0.3 is 11.1 Å². The minimum absolute atomic E-state index is 0.139. The first kappa shape index (κ1) is 12.1. The molecule has 2 rings (SSSR count). The van der Waals surface area contributed by atoms with E-state index in [1.54, 1.807) is 29.7 Å². The van der Waals surface area contributed by atoms with Crippen LogP contribution >= 0.6 is 22.9 Å². The van der Waals surface area contributed by atoms with Gasteiger partial charge in [-0.3, -0.25) is 0 Å². The summed E-state index contributed by atoms with van der Waals surface area (Å²) >= 11 is 7.48. The minimum Gasteiger partial charge on any atom is -0.399 e. The van der Waals surface area contributed by atoms with Gasteiger partial charge in [-0.15, -0.1) is 11.3 Å². The Morgan fingerprint density at radius 2 is 2.35 bits per heavy atom. The first-order valence-electron chi connectivity index (χ1n) is 5.28. The molecule has 0 amide bonds. The zero-order valence-electron chi connectivity index (χ0n) is 9.35. The third kappa shape index (κ3) is 3.08. The zero-order chi connectivity index (χ0) is 12.3. The van der Waals surface area contributed by atoms with E-state index in [2.05, 4.69) is 22.2 Å². The van der Waals surface area contributed by atoms with E-state index in [1.807, 2.05) is 5.38 Å². The number of nitrogens with one attached hydrogen (secondary N) is 1. The third-order valence-corrected chi connectivity index (χ3v) is 3.38. The third-order valence-electron chi connectivity index (χ3n) is 2.30. The molecule has 90 valence electrons. The number of hydrogen-bond acceptors (Lipinski definition) is 5. The molecule has 4 nitrogen and oxygen atoms in total. The minimum atomic E-state index is 0.139. The molecule has 0 saturated carbocycles. The molecule has 2 aromatic rings. The van der Waals surface area contributed by atoms with Crippen LogP contribution in [0, 0.1) is 0 Å². The van der Waals surface area contributed by atoms with Gasteiger partial charge in [0, 0.05) is 23.3 Å². The predicted molar refractivity (Wildman–Crippen MR) is 72.4 cm³/mol. The van der Waals surface area contributed by atoms with Crippen molar-refractivity contribution in [3.05, 3.63) is 33.9 Å². The van der Waals surface area contributed by atoms with Crippen LogP contribution in [0.5, 0.6) is 0 Å². The van der Waals surface area contributed by atoms with Crippen LogP contribution in [0.1, 0.15) is 24.4 Å². The van der Waals surface area contributed by atoms with Crippen LogP contribution in [0.2, 0.25) is 5.15 Å². The maximum absolute atomic E-state index is 5.86. The van der Waals surface area contributed by atoms with E-state index in [0.29, 0.717) is 16.7 Å². The van der Waals surface area contributed by atoms with Crippen LogP contribution in [0.3, 0.4) is 0 Å². The Kier molecular flexibility index (Phi) is 3.81. The van der Waals surface area contributed by atoms with E-state index in [0.717, 1.165) is 11.4 Å². The molecule has 0 aliphatic rings. The molecule has 0 fully saturated rings. The highest BCUT2D eigenvalue weighted by Gasteiger charge is 2.12. The second kappa shape index (κ2) is 5.33. The van der Waals surface area contributed by atoms with E-state index in [1.165, 1.54) is 0 Å². The Hall–Kier alpha value is -1.33. The highest BCUT2D eigenvalue weighted by atomic mass is 35.5. The molecule has 0 radical (unpaired) electrons. The highest BCUT2D eigenvalue weighted by Crippen LogP contribution is 2.25. The molecule has 0 saturated heterocycles. The molecule has 6 heteroatoms. The van der Waals surface area contributed by atoms with Crippen LogP contribution in [0.4, 0.5) is 11.5 Å². The molecule has 0 bridgehead atoms. The Labute approximate surface area is 109 Å². The molecular weight excluding hydrogens is 256 g/mol. The van der Waals surface area contributed by atoms with E-state index < -0.39 is 0 Å². The number of rotatable bonds is 4. The van der Waals surface area contributed by atoms with Crippen LogP contribution in [-0.2, 0) is 0 Å². The Bertz CT molecular complexity index is 466. The largest absolute Gasteiger partial charge is 0.399 e. The van der Waals surface area contributed by atoms with Gasteiger partial charge >= 0.3 is 0 Å². The highest BCUT2D eigenvalue weighted by molar-refractivity contribution is 7.09. The summed E-state index contributed by atoms with van der Waals surface area (Å²) in [5.74, 6) is 0.678. The Morgan fingerprint density at radius 3 is 2.94 bits per heavy atom. The van der Waals surface area contributed by atoms with Gasteiger partial charge in [-0.05, 0) is 12.5 Å². The van der Waals surface area contributed by atoms with Crippen molar-refractivity contribution in [2.45, 2.75) is 19.4 Å². The molecule has 0 aliphatic carbocycles. The van der Waals surface area contributed by atoms with Crippen molar-refractivity contribution >= 4 is 34.4 Å². The van der Waals surface area contributed by atoms with Crippen LogP contribution in [0.25, 0.3) is 0 Å². The van der Waals surface area contributed by atoms with E-state index >= 15 is 0 Å². The van der Waals surface area contributed by atoms with Crippen LogP contribution < -0.4 is 11.1 Å². The first-order chi connectivity index (χ1) is 8.19. The van der Waals surface area contributed by atoms with Crippen molar-refractivity contribution in [3.63, 3.8) is 0 Å². The smallest absolute Gasteiger partial charge is 0.133 e. The number of thiazole rings is 1. The maximum atomic E-state index is 5.86. The summed E-state index contributed by atoms with van der Waals surface area (Å²) in [4.78, 5) is 8.48. The molecule has 1 atom stereocenters. The van der Waals surface area contributed by atoms with Gasteiger partial charge in [0.15, 0.2) is 0 Å². The Morgan fingerprint density at radius 1 is 1.53 bits per heavy atom. The fourth-order valence-electron chi connectivity index (χ4n) is 1.51. The van der Waals surface area contributed by atoms with Crippen molar-refractivity contribution < 1.29 is 0 Å². The SMILES string of the molecule is CCC(Nc1cc(N)cc(Cl)n1)c1nccs1. The summed E-state index contributed by atoms with van der Waals surface area (Å²) in [7, 11) is 0. The number of anilines is 2. The summed E-state index contributed by atoms with van der Waals surface area (Å²) < 4.78 is 0. The molecule has 0 aromatic carbocycles. The number of hydrogen-bond donors (Lipinski definition) is 2. The monoisotopic (exact) mass is 268 g/mol. The standard InChI is InChI=1S/C11H13ClN4S/c1-2-8(11-14-3-4-17-11)15-10-6-7(13)5-9(12)16-10/h3-6,8H,2H2,1H3,(H3,13,15,16). The number of nitrogens with zero attached hydrogens (tertiary/aromatic N) is 2. The molecule has 2 heterocycles. The quantitative estimate of drug-likeness (QED) is 0.835. The fourth-order valence-corrected chi connectivity index (χ4v) is 2.50. The summed E-state index contributed by atoms with van der Waals surface area (Å²) in [6.07, 6.45) is 2.71. The van der Waals surface area contributed by atoms with Gasteiger partial charge in [0.1, 0.15) is 16.0 Å². The van der Waals surface area contributed by atoms with Gasteiger partial charge in [-0.1, -0.05) is 18.5 Å². The predicted octanol–water partition coefficient (Wildman–Crippen LogP) is 3.34. The molecule has 0 spiro atoms. The molecule has 1 unspecified atom stereocenters. The molecular formula is C11H13ClN4S. The summed E-state index contributed by atoms with van der Waals surface area (Å²) in [6.45, 7) is 2.09. The van der Waals surface area contributed by atoms with E-state index in [9.17, 15) is 0 Å². The van der Waals surface area contributed by atoms with E-state index in [4.69, 9.17) is 17.3 Å². The molecule has 17 heavy (non-hydrogen) atoms. The van der Waals surface area contributed by atoms with Gasteiger partial charge in [0.25, 0.3) is 0 Å². The first-order valence-corrected chi connectivity index (χ1v) is 6.53. The lowest BCUT2D eigenvalue weighted by molar-refractivity contribution is 0.738. The topological polar surface area (TPSA) is 63.8 Å². The number of halogens is 1. The van der Waals surface area contributed by atoms with E-state index in [-0.39, 0.29) is 6.04 Å². The van der Waals surface area contributed by atoms with Crippen LogP contribution in [0.15, 0.2) is 23.7 Å². The number of nitrogen functional groups attached to an aromatic ring is 1. The molecule has 3 N–H and O–H groups in total. The lowest BCUT2D eigenvalue weighted by Gasteiger charge is -2.15. The number of pyridine rings is 1. The van der Waals surface area contributed by atoms with Gasteiger partial charge in [-0.25, -0.2) is 9.97 Å². The van der Waals surface area contributed by atoms with Gasteiger partial charge in [0.2, 0.25) is 0 Å². The number of nitrogens with two attached hydrogens (primary N) is 1. The average molecular weight is 269 g/mol. The zero-order valence-corrected chi connectivity index (χ0v) is 10.9. The van der Waals surface area contributed by atoms with Crippen molar-refractivity contribution in [3.8, 4) is 0 Å². The summed E-state index contributed by atoms with van der Waals surface area (Å²) in [6, 6.07) is 3.53. The van der Waals surface area contributed by atoms with Crippen LogP contribution in [-0.4, -0.2) is 9.97 Å². The lowest BCUT2D eigenvalue weighted by atomic mass is 10.2. The van der Waals surface area contributed by atoms with Gasteiger partial charge in [0.05, 0.1) is 6.04 Å². The Balaban J connectivity index is 2.18. The normalized spacial score (nSPS) is 12.4. The average Bonchev–Trinajstić information content (AvgIpc) is 2.77. The summed E-state index contributed by atoms with van der Waals surface area (Å²) in [5, 5.41) is 6.67. The molecule has 0 aliphatic heterocycles. The van der Waals surface area contributed by atoms with Crippen molar-refractivity contribution in [1.29, 1.82) is 0 Å². The molecule has 2 aromatic heterocycles. The van der Waals surface area contributed by atoms with Gasteiger partial charge in [-0.2, -0.15) is 0 Å². The maximum Gasteiger partial charge on any atom is 0.133 e. The second-order valence-corrected chi connectivity index (χ2v) is 4.90.